The number of carbonyl (C=O) groups excluding carboxylic acids is 1. The standard InChI is InChI=1S/C17H14ClFN2O2/c1-10-3-5-13(8-15(10)19)21-17(22)11(2)23-16-6-4-12(9-20)7-14(16)18/h3-8,11H,1-2H3,(H,21,22)/t11-/m1/s1. The van der Waals surface area contributed by atoms with Crippen molar-refractivity contribution in [1.82, 2.24) is 0 Å². The van der Waals surface area contributed by atoms with Crippen molar-refractivity contribution >= 4 is 23.2 Å². The summed E-state index contributed by atoms with van der Waals surface area (Å²) in [4.78, 5) is 12.1. The summed E-state index contributed by atoms with van der Waals surface area (Å²) in [5, 5.41) is 11.6. The van der Waals surface area contributed by atoms with Gasteiger partial charge < -0.3 is 10.1 Å². The van der Waals surface area contributed by atoms with Gasteiger partial charge >= 0.3 is 0 Å². The van der Waals surface area contributed by atoms with E-state index in [0.29, 0.717) is 22.6 Å². The molecule has 0 aliphatic rings. The first-order valence-corrected chi connectivity index (χ1v) is 7.22. The number of hydrogen-bond donors (Lipinski definition) is 1. The minimum absolute atomic E-state index is 0.241. The fourth-order valence-corrected chi connectivity index (χ4v) is 2.05. The Bertz CT molecular complexity index is 787. The molecule has 0 fully saturated rings. The van der Waals surface area contributed by atoms with E-state index in [-0.39, 0.29) is 5.02 Å². The largest absolute Gasteiger partial charge is 0.479 e. The van der Waals surface area contributed by atoms with Gasteiger partial charge in [-0.3, -0.25) is 4.79 Å². The molecule has 0 aliphatic heterocycles. The Kier molecular flexibility index (Phi) is 5.20. The van der Waals surface area contributed by atoms with E-state index >= 15 is 0 Å². The van der Waals surface area contributed by atoms with Crippen molar-refractivity contribution in [3.05, 3.63) is 58.4 Å². The summed E-state index contributed by atoms with van der Waals surface area (Å²) >= 11 is 6.00. The quantitative estimate of drug-likeness (QED) is 0.918. The van der Waals surface area contributed by atoms with Crippen LogP contribution in [-0.4, -0.2) is 12.0 Å². The van der Waals surface area contributed by atoms with E-state index in [1.54, 1.807) is 32.0 Å². The van der Waals surface area contributed by atoms with Crippen molar-refractivity contribution < 1.29 is 13.9 Å². The second-order valence-corrected chi connectivity index (χ2v) is 5.38. The van der Waals surface area contributed by atoms with Crippen LogP contribution < -0.4 is 10.1 Å². The molecule has 1 N–H and O–H groups in total. The van der Waals surface area contributed by atoms with E-state index in [1.807, 2.05) is 6.07 Å². The fourth-order valence-electron chi connectivity index (χ4n) is 1.82. The van der Waals surface area contributed by atoms with Gasteiger partial charge in [-0.15, -0.1) is 0 Å². The maximum absolute atomic E-state index is 13.5. The van der Waals surface area contributed by atoms with Crippen LogP contribution in [0.25, 0.3) is 0 Å². The van der Waals surface area contributed by atoms with E-state index in [0.717, 1.165) is 0 Å². The first kappa shape index (κ1) is 16.8. The SMILES string of the molecule is Cc1ccc(NC(=O)[C@@H](C)Oc2ccc(C#N)cc2Cl)cc1F. The Morgan fingerprint density at radius 1 is 1.35 bits per heavy atom. The van der Waals surface area contributed by atoms with Gasteiger partial charge in [-0.1, -0.05) is 17.7 Å². The van der Waals surface area contributed by atoms with Crippen LogP contribution in [0.3, 0.4) is 0 Å². The molecule has 0 aliphatic carbocycles. The van der Waals surface area contributed by atoms with Gasteiger partial charge in [-0.05, 0) is 49.7 Å². The molecule has 0 aromatic heterocycles. The van der Waals surface area contributed by atoms with Crippen LogP contribution in [0.5, 0.6) is 5.75 Å². The van der Waals surface area contributed by atoms with Crippen LogP contribution in [0.2, 0.25) is 5.02 Å². The second kappa shape index (κ2) is 7.12. The lowest BCUT2D eigenvalue weighted by molar-refractivity contribution is -0.122. The zero-order chi connectivity index (χ0) is 17.0. The molecule has 1 atom stereocenters. The summed E-state index contributed by atoms with van der Waals surface area (Å²) < 4.78 is 19.0. The number of nitrogens with zero attached hydrogens (tertiary/aromatic N) is 1. The lowest BCUT2D eigenvalue weighted by Gasteiger charge is -2.16. The number of nitrogens with one attached hydrogen (secondary N) is 1. The number of ether oxygens (including phenoxy) is 1. The number of anilines is 1. The van der Waals surface area contributed by atoms with Crippen molar-refractivity contribution in [2.24, 2.45) is 0 Å². The number of rotatable bonds is 4. The Labute approximate surface area is 138 Å². The van der Waals surface area contributed by atoms with Crippen molar-refractivity contribution in [1.29, 1.82) is 5.26 Å². The topological polar surface area (TPSA) is 62.1 Å². The highest BCUT2D eigenvalue weighted by Gasteiger charge is 2.17. The molecule has 6 heteroatoms. The molecule has 2 aromatic rings. The molecule has 2 aromatic carbocycles. The van der Waals surface area contributed by atoms with E-state index < -0.39 is 17.8 Å². The molecule has 4 nitrogen and oxygen atoms in total. The van der Waals surface area contributed by atoms with Crippen molar-refractivity contribution in [2.75, 3.05) is 5.32 Å². The summed E-state index contributed by atoms with van der Waals surface area (Å²) in [6.07, 6.45) is -0.843. The maximum atomic E-state index is 13.5. The molecule has 0 heterocycles. The van der Waals surface area contributed by atoms with Gasteiger partial charge in [0.05, 0.1) is 16.7 Å². The average Bonchev–Trinajstić information content (AvgIpc) is 2.52. The Balaban J connectivity index is 2.05. The Morgan fingerprint density at radius 3 is 2.70 bits per heavy atom. The van der Waals surface area contributed by atoms with Crippen molar-refractivity contribution in [2.45, 2.75) is 20.0 Å². The van der Waals surface area contributed by atoms with Crippen molar-refractivity contribution in [3.63, 3.8) is 0 Å². The predicted molar refractivity (Wildman–Crippen MR) is 86.0 cm³/mol. The predicted octanol–water partition coefficient (Wildman–Crippen LogP) is 4.07. The number of nitriles is 1. The fraction of sp³-hybridized carbons (Fsp3) is 0.176. The summed E-state index contributed by atoms with van der Waals surface area (Å²) in [6.45, 7) is 3.19. The van der Waals surface area contributed by atoms with Crippen LogP contribution in [0.1, 0.15) is 18.1 Å². The van der Waals surface area contributed by atoms with Gasteiger partial charge in [0.1, 0.15) is 11.6 Å². The number of carbonyl (C=O) groups is 1. The molecular formula is C17H14ClFN2O2. The average molecular weight is 333 g/mol. The first-order valence-electron chi connectivity index (χ1n) is 6.84. The second-order valence-electron chi connectivity index (χ2n) is 4.97. The molecule has 23 heavy (non-hydrogen) atoms. The number of amides is 1. The molecule has 2 rings (SSSR count). The van der Waals surface area contributed by atoms with Crippen LogP contribution in [0, 0.1) is 24.1 Å². The van der Waals surface area contributed by atoms with Crippen LogP contribution in [0.15, 0.2) is 36.4 Å². The highest BCUT2D eigenvalue weighted by atomic mass is 35.5. The highest BCUT2D eigenvalue weighted by molar-refractivity contribution is 6.32. The Morgan fingerprint density at radius 2 is 2.09 bits per heavy atom. The van der Waals surface area contributed by atoms with Crippen LogP contribution in [-0.2, 0) is 4.79 Å². The van der Waals surface area contributed by atoms with Gasteiger partial charge in [0.15, 0.2) is 6.10 Å². The van der Waals surface area contributed by atoms with E-state index in [2.05, 4.69) is 5.32 Å². The summed E-state index contributed by atoms with van der Waals surface area (Å²) in [7, 11) is 0. The van der Waals surface area contributed by atoms with Crippen LogP contribution >= 0.6 is 11.6 Å². The molecular weight excluding hydrogens is 319 g/mol. The van der Waals surface area contributed by atoms with Gasteiger partial charge in [-0.25, -0.2) is 4.39 Å². The zero-order valence-electron chi connectivity index (χ0n) is 12.6. The minimum Gasteiger partial charge on any atom is -0.479 e. The lowest BCUT2D eigenvalue weighted by Crippen LogP contribution is -2.30. The molecule has 118 valence electrons. The lowest BCUT2D eigenvalue weighted by atomic mass is 10.2. The third-order valence-electron chi connectivity index (χ3n) is 3.17. The molecule has 0 unspecified atom stereocenters. The smallest absolute Gasteiger partial charge is 0.265 e. The molecule has 0 saturated heterocycles. The van der Waals surface area contributed by atoms with Gasteiger partial charge in [-0.2, -0.15) is 5.26 Å². The highest BCUT2D eigenvalue weighted by Crippen LogP contribution is 2.26. The number of aryl methyl sites for hydroxylation is 1. The monoisotopic (exact) mass is 332 g/mol. The van der Waals surface area contributed by atoms with Gasteiger partial charge in [0, 0.05) is 5.69 Å². The van der Waals surface area contributed by atoms with Gasteiger partial charge in [0.25, 0.3) is 5.91 Å². The maximum Gasteiger partial charge on any atom is 0.265 e. The zero-order valence-corrected chi connectivity index (χ0v) is 13.3. The van der Waals surface area contributed by atoms with Crippen molar-refractivity contribution in [3.8, 4) is 11.8 Å². The third kappa shape index (κ3) is 4.21. The van der Waals surface area contributed by atoms with Gasteiger partial charge in [0.2, 0.25) is 0 Å². The minimum atomic E-state index is -0.843. The number of hydrogen-bond acceptors (Lipinski definition) is 3. The summed E-state index contributed by atoms with van der Waals surface area (Å²) in [5.74, 6) is -0.538. The number of halogens is 2. The number of benzene rings is 2. The van der Waals surface area contributed by atoms with E-state index in [4.69, 9.17) is 21.6 Å². The molecule has 0 saturated carbocycles. The summed E-state index contributed by atoms with van der Waals surface area (Å²) in [5.41, 5.74) is 1.24. The Hall–Kier alpha value is -2.58. The molecule has 0 spiro atoms. The van der Waals surface area contributed by atoms with E-state index in [1.165, 1.54) is 18.2 Å². The van der Waals surface area contributed by atoms with Crippen LogP contribution in [0.4, 0.5) is 10.1 Å². The molecule has 0 radical (unpaired) electrons. The molecule has 0 bridgehead atoms. The molecule has 1 amide bonds. The van der Waals surface area contributed by atoms with E-state index in [9.17, 15) is 9.18 Å². The first-order chi connectivity index (χ1) is 10.9. The normalized spacial score (nSPS) is 11.4. The summed E-state index contributed by atoms with van der Waals surface area (Å²) in [6, 6.07) is 10.9. The third-order valence-corrected chi connectivity index (χ3v) is 3.47.